The smallest absolute Gasteiger partial charge is 0.344 e. The van der Waals surface area contributed by atoms with E-state index in [0.717, 1.165) is 12.8 Å². The van der Waals surface area contributed by atoms with Crippen molar-refractivity contribution in [1.82, 2.24) is 5.32 Å². The van der Waals surface area contributed by atoms with Gasteiger partial charge in [-0.1, -0.05) is 36.8 Å². The second-order valence-electron chi connectivity index (χ2n) is 5.92. The molecule has 3 atom stereocenters. The summed E-state index contributed by atoms with van der Waals surface area (Å²) in [6.07, 6.45) is -2.04. The number of carbonyl (C=O) groups excluding carboxylic acids is 1. The zero-order valence-corrected chi connectivity index (χ0v) is 12.3. The Balaban J connectivity index is 2.02. The van der Waals surface area contributed by atoms with Crippen LogP contribution in [0.1, 0.15) is 31.2 Å². The molecular formula is C16H21F3N2O. The second-order valence-corrected chi connectivity index (χ2v) is 5.92. The van der Waals surface area contributed by atoms with Crippen molar-refractivity contribution in [2.24, 2.45) is 11.7 Å². The molecule has 1 aromatic carbocycles. The van der Waals surface area contributed by atoms with Gasteiger partial charge in [0.2, 0.25) is 5.91 Å². The quantitative estimate of drug-likeness (QED) is 0.898. The lowest BCUT2D eigenvalue weighted by Crippen LogP contribution is -2.50. The van der Waals surface area contributed by atoms with E-state index in [1.807, 2.05) is 0 Å². The number of amides is 1. The van der Waals surface area contributed by atoms with Crippen LogP contribution in [-0.4, -0.2) is 24.2 Å². The van der Waals surface area contributed by atoms with E-state index in [1.54, 1.807) is 30.3 Å². The maximum Gasteiger partial charge on any atom is 0.408 e. The van der Waals surface area contributed by atoms with Gasteiger partial charge in [0.15, 0.2) is 0 Å². The summed E-state index contributed by atoms with van der Waals surface area (Å²) in [6, 6.07) is 6.41. The van der Waals surface area contributed by atoms with Crippen LogP contribution in [0.5, 0.6) is 0 Å². The molecule has 1 aliphatic carbocycles. The molecule has 2 rings (SSSR count). The largest absolute Gasteiger partial charge is 0.408 e. The van der Waals surface area contributed by atoms with Crippen molar-refractivity contribution in [3.05, 3.63) is 35.9 Å². The number of rotatable bonds is 4. The van der Waals surface area contributed by atoms with Gasteiger partial charge >= 0.3 is 6.18 Å². The Hall–Kier alpha value is -1.56. The Morgan fingerprint density at radius 2 is 1.95 bits per heavy atom. The molecule has 0 aliphatic heterocycles. The third-order valence-electron chi connectivity index (χ3n) is 4.08. The molecule has 3 unspecified atom stereocenters. The van der Waals surface area contributed by atoms with Crippen molar-refractivity contribution in [1.29, 1.82) is 0 Å². The molecule has 0 aromatic heterocycles. The van der Waals surface area contributed by atoms with Crippen LogP contribution in [0, 0.1) is 5.92 Å². The molecule has 0 spiro atoms. The fourth-order valence-corrected chi connectivity index (χ4v) is 2.85. The van der Waals surface area contributed by atoms with Crippen molar-refractivity contribution in [2.45, 2.75) is 50.4 Å². The molecule has 3 nitrogen and oxygen atoms in total. The van der Waals surface area contributed by atoms with Crippen molar-refractivity contribution in [3.8, 4) is 0 Å². The Bertz CT molecular complexity index is 490. The van der Waals surface area contributed by atoms with E-state index < -0.39 is 24.0 Å². The van der Waals surface area contributed by atoms with Crippen molar-refractivity contribution < 1.29 is 18.0 Å². The third kappa shape index (κ3) is 4.73. The molecule has 122 valence electrons. The summed E-state index contributed by atoms with van der Waals surface area (Å²) in [4.78, 5) is 12.1. The SMILES string of the molecule is NC1CCCC(C(=O)NC(Cc2ccccc2)C(F)(F)F)C1. The summed E-state index contributed by atoms with van der Waals surface area (Å²) < 4.78 is 39.5. The number of alkyl halides is 3. The summed E-state index contributed by atoms with van der Waals surface area (Å²) in [6.45, 7) is 0. The van der Waals surface area contributed by atoms with Gasteiger partial charge in [-0.3, -0.25) is 4.79 Å². The second kappa shape index (κ2) is 7.13. The standard InChI is InChI=1S/C16H21F3N2O/c17-16(18,19)14(9-11-5-2-1-3-6-11)21-15(22)12-7-4-8-13(20)10-12/h1-3,5-6,12-14H,4,7-10,20H2,(H,21,22). The van der Waals surface area contributed by atoms with E-state index in [2.05, 4.69) is 5.32 Å². The lowest BCUT2D eigenvalue weighted by molar-refractivity contribution is -0.163. The van der Waals surface area contributed by atoms with Gasteiger partial charge in [-0.2, -0.15) is 13.2 Å². The highest BCUT2D eigenvalue weighted by Crippen LogP contribution is 2.26. The Kier molecular flexibility index (Phi) is 5.45. The molecule has 0 bridgehead atoms. The topological polar surface area (TPSA) is 55.1 Å². The minimum Gasteiger partial charge on any atom is -0.344 e. The predicted octanol–water partition coefficient (Wildman–Crippen LogP) is 2.79. The number of nitrogens with one attached hydrogen (secondary N) is 1. The number of halogens is 3. The summed E-state index contributed by atoms with van der Waals surface area (Å²) in [5, 5.41) is 2.18. The number of nitrogens with two attached hydrogens (primary N) is 1. The summed E-state index contributed by atoms with van der Waals surface area (Å²) in [7, 11) is 0. The van der Waals surface area contributed by atoms with E-state index >= 15 is 0 Å². The van der Waals surface area contributed by atoms with Crippen LogP contribution in [0.4, 0.5) is 13.2 Å². The van der Waals surface area contributed by atoms with Crippen LogP contribution in [0.3, 0.4) is 0 Å². The lowest BCUT2D eigenvalue weighted by Gasteiger charge is -2.28. The third-order valence-corrected chi connectivity index (χ3v) is 4.08. The van der Waals surface area contributed by atoms with Crippen LogP contribution < -0.4 is 11.1 Å². The van der Waals surface area contributed by atoms with E-state index in [4.69, 9.17) is 5.73 Å². The molecule has 22 heavy (non-hydrogen) atoms. The maximum atomic E-state index is 13.2. The number of hydrogen-bond donors (Lipinski definition) is 2. The maximum absolute atomic E-state index is 13.2. The summed E-state index contributed by atoms with van der Waals surface area (Å²) in [5.74, 6) is -0.947. The molecular weight excluding hydrogens is 293 g/mol. The van der Waals surface area contributed by atoms with Crippen LogP contribution >= 0.6 is 0 Å². The Morgan fingerprint density at radius 1 is 1.27 bits per heavy atom. The molecule has 0 heterocycles. The Labute approximate surface area is 128 Å². The van der Waals surface area contributed by atoms with Crippen LogP contribution in [-0.2, 0) is 11.2 Å². The average molecular weight is 314 g/mol. The van der Waals surface area contributed by atoms with Gasteiger partial charge in [-0.15, -0.1) is 0 Å². The fourth-order valence-electron chi connectivity index (χ4n) is 2.85. The molecule has 1 aliphatic rings. The van der Waals surface area contributed by atoms with Crippen LogP contribution in [0.25, 0.3) is 0 Å². The van der Waals surface area contributed by atoms with Crippen LogP contribution in [0.2, 0.25) is 0 Å². The minimum absolute atomic E-state index is 0.0945. The highest BCUT2D eigenvalue weighted by molar-refractivity contribution is 5.79. The van der Waals surface area contributed by atoms with Gasteiger partial charge in [0.05, 0.1) is 0 Å². The highest BCUT2D eigenvalue weighted by atomic mass is 19.4. The fraction of sp³-hybridized carbons (Fsp3) is 0.562. The van der Waals surface area contributed by atoms with Gasteiger partial charge in [0.1, 0.15) is 6.04 Å². The first-order valence-corrected chi connectivity index (χ1v) is 7.53. The molecule has 1 aromatic rings. The summed E-state index contributed by atoms with van der Waals surface area (Å²) in [5.41, 5.74) is 6.35. The van der Waals surface area contributed by atoms with Crippen molar-refractivity contribution >= 4 is 5.91 Å². The van der Waals surface area contributed by atoms with E-state index in [1.165, 1.54) is 0 Å². The molecule has 0 saturated heterocycles. The number of carbonyl (C=O) groups is 1. The van der Waals surface area contributed by atoms with Gasteiger partial charge in [-0.25, -0.2) is 0 Å². The predicted molar refractivity (Wildman–Crippen MR) is 78.1 cm³/mol. The van der Waals surface area contributed by atoms with Gasteiger partial charge < -0.3 is 11.1 Å². The monoisotopic (exact) mass is 314 g/mol. The number of benzene rings is 1. The molecule has 6 heteroatoms. The first-order valence-electron chi connectivity index (χ1n) is 7.53. The summed E-state index contributed by atoms with van der Waals surface area (Å²) >= 11 is 0. The number of hydrogen-bond acceptors (Lipinski definition) is 2. The van der Waals surface area contributed by atoms with E-state index in [9.17, 15) is 18.0 Å². The first kappa shape index (κ1) is 16.8. The molecule has 1 amide bonds. The molecule has 0 radical (unpaired) electrons. The zero-order chi connectivity index (χ0) is 16.2. The molecule has 3 N–H and O–H groups in total. The highest BCUT2D eigenvalue weighted by Gasteiger charge is 2.41. The molecule has 1 fully saturated rings. The van der Waals surface area contributed by atoms with E-state index in [-0.39, 0.29) is 12.5 Å². The minimum atomic E-state index is -4.47. The van der Waals surface area contributed by atoms with Crippen LogP contribution in [0.15, 0.2) is 30.3 Å². The first-order chi connectivity index (χ1) is 10.4. The van der Waals surface area contributed by atoms with Crippen molar-refractivity contribution in [2.75, 3.05) is 0 Å². The zero-order valence-electron chi connectivity index (χ0n) is 12.3. The lowest BCUT2D eigenvalue weighted by atomic mass is 9.85. The van der Waals surface area contributed by atoms with E-state index in [0.29, 0.717) is 18.4 Å². The average Bonchev–Trinajstić information content (AvgIpc) is 2.46. The van der Waals surface area contributed by atoms with Gasteiger partial charge in [0.25, 0.3) is 0 Å². The normalized spacial score (nSPS) is 23.8. The van der Waals surface area contributed by atoms with Gasteiger partial charge in [0, 0.05) is 18.4 Å². The van der Waals surface area contributed by atoms with Crippen molar-refractivity contribution in [3.63, 3.8) is 0 Å². The Morgan fingerprint density at radius 3 is 2.55 bits per heavy atom. The molecule has 1 saturated carbocycles. The van der Waals surface area contributed by atoms with Gasteiger partial charge in [-0.05, 0) is 24.8 Å².